The van der Waals surface area contributed by atoms with Crippen molar-refractivity contribution in [3.8, 4) is 11.4 Å². The van der Waals surface area contributed by atoms with Crippen LogP contribution in [0.3, 0.4) is 0 Å². The minimum absolute atomic E-state index is 0.0681. The summed E-state index contributed by atoms with van der Waals surface area (Å²) in [6.07, 6.45) is 5.26. The monoisotopic (exact) mass is 359 g/mol. The fraction of sp³-hybridized carbons (Fsp3) is 0.238. The molecule has 0 unspecified atom stereocenters. The minimum atomic E-state index is -0.0681. The summed E-state index contributed by atoms with van der Waals surface area (Å²) in [6, 6.07) is 11.7. The molecule has 0 aliphatic carbocycles. The smallest absolute Gasteiger partial charge is 0.213 e. The summed E-state index contributed by atoms with van der Waals surface area (Å²) in [7, 11) is 0. The van der Waals surface area contributed by atoms with Gasteiger partial charge in [-0.2, -0.15) is 0 Å². The van der Waals surface area contributed by atoms with Gasteiger partial charge >= 0.3 is 0 Å². The number of nitrogens with zero attached hydrogens (tertiary/aromatic N) is 4. The Balaban J connectivity index is 1.67. The van der Waals surface area contributed by atoms with Crippen LogP contribution in [0.25, 0.3) is 22.3 Å². The van der Waals surface area contributed by atoms with Crippen molar-refractivity contribution in [3.63, 3.8) is 0 Å². The van der Waals surface area contributed by atoms with Gasteiger partial charge in [-0.25, -0.2) is 15.0 Å². The number of aromatic nitrogens is 4. The number of nitrogens with one attached hydrogen (secondary N) is 1. The van der Waals surface area contributed by atoms with Crippen molar-refractivity contribution in [2.24, 2.45) is 0 Å². The first-order valence-electron chi connectivity index (χ1n) is 8.87. The molecule has 0 aliphatic rings. The molecule has 1 N–H and O–H groups in total. The van der Waals surface area contributed by atoms with Crippen LogP contribution >= 0.6 is 0 Å². The molecule has 6 heteroatoms. The largest absolute Gasteiger partial charge is 0.443 e. The first kappa shape index (κ1) is 17.1. The molecule has 3 heterocycles. The summed E-state index contributed by atoms with van der Waals surface area (Å²) in [4.78, 5) is 17.8. The summed E-state index contributed by atoms with van der Waals surface area (Å²) in [6.45, 7) is 6.75. The van der Waals surface area contributed by atoms with Gasteiger partial charge in [0.05, 0.1) is 18.3 Å². The summed E-state index contributed by atoms with van der Waals surface area (Å²) in [5.74, 6) is 2.90. The van der Waals surface area contributed by atoms with Crippen molar-refractivity contribution in [1.29, 1.82) is 0 Å². The van der Waals surface area contributed by atoms with E-state index in [0.29, 0.717) is 18.3 Å². The summed E-state index contributed by atoms with van der Waals surface area (Å²) >= 11 is 0. The summed E-state index contributed by atoms with van der Waals surface area (Å²) < 4.78 is 5.87. The SMILES string of the molecule is CC(C)(C)c1cnc(CNc2nc(-c3ccncc3)nc3ccccc23)o1. The zero-order valence-corrected chi connectivity index (χ0v) is 15.6. The first-order valence-corrected chi connectivity index (χ1v) is 8.87. The van der Waals surface area contributed by atoms with Crippen LogP contribution in [-0.4, -0.2) is 19.9 Å². The van der Waals surface area contributed by atoms with Crippen molar-refractivity contribution in [1.82, 2.24) is 19.9 Å². The molecule has 0 fully saturated rings. The second kappa shape index (κ2) is 6.79. The molecule has 0 saturated heterocycles. The molecule has 6 nitrogen and oxygen atoms in total. The Hall–Kier alpha value is -3.28. The van der Waals surface area contributed by atoms with E-state index in [0.717, 1.165) is 28.0 Å². The molecule has 0 spiro atoms. The maximum absolute atomic E-state index is 5.87. The highest BCUT2D eigenvalue weighted by Gasteiger charge is 2.19. The van der Waals surface area contributed by atoms with E-state index in [1.807, 2.05) is 36.4 Å². The Kier molecular flexibility index (Phi) is 4.32. The van der Waals surface area contributed by atoms with Crippen LogP contribution in [0.15, 0.2) is 59.4 Å². The summed E-state index contributed by atoms with van der Waals surface area (Å²) in [5.41, 5.74) is 1.73. The van der Waals surface area contributed by atoms with Crippen molar-refractivity contribution in [3.05, 3.63) is 66.6 Å². The highest BCUT2D eigenvalue weighted by Crippen LogP contribution is 2.26. The molecule has 27 heavy (non-hydrogen) atoms. The Bertz CT molecular complexity index is 1070. The van der Waals surface area contributed by atoms with Crippen LogP contribution in [0.2, 0.25) is 0 Å². The van der Waals surface area contributed by atoms with Crippen LogP contribution in [0, 0.1) is 0 Å². The quantitative estimate of drug-likeness (QED) is 0.574. The second-order valence-corrected chi connectivity index (χ2v) is 7.37. The van der Waals surface area contributed by atoms with Crippen molar-refractivity contribution in [2.75, 3.05) is 5.32 Å². The molecule has 3 aromatic heterocycles. The number of rotatable bonds is 4. The molecule has 0 radical (unpaired) electrons. The average molecular weight is 359 g/mol. The predicted octanol–water partition coefficient (Wildman–Crippen LogP) is 4.59. The van der Waals surface area contributed by atoms with E-state index in [4.69, 9.17) is 9.40 Å². The molecule has 4 aromatic rings. The van der Waals surface area contributed by atoms with Crippen molar-refractivity contribution < 1.29 is 4.42 Å². The van der Waals surface area contributed by atoms with Crippen LogP contribution in [0.1, 0.15) is 32.4 Å². The second-order valence-electron chi connectivity index (χ2n) is 7.37. The number of fused-ring (bicyclic) bond motifs is 1. The van der Waals surface area contributed by atoms with Gasteiger partial charge in [0, 0.05) is 28.8 Å². The number of para-hydroxylation sites is 1. The Morgan fingerprint density at radius 2 is 1.78 bits per heavy atom. The topological polar surface area (TPSA) is 76.7 Å². The van der Waals surface area contributed by atoms with Gasteiger partial charge in [0.25, 0.3) is 0 Å². The lowest BCUT2D eigenvalue weighted by Crippen LogP contribution is -2.09. The van der Waals surface area contributed by atoms with E-state index >= 15 is 0 Å². The van der Waals surface area contributed by atoms with Crippen LogP contribution in [0.4, 0.5) is 5.82 Å². The molecule has 136 valence electrons. The van der Waals surface area contributed by atoms with Gasteiger partial charge < -0.3 is 9.73 Å². The van der Waals surface area contributed by atoms with Gasteiger partial charge in [-0.15, -0.1) is 0 Å². The van der Waals surface area contributed by atoms with E-state index in [9.17, 15) is 0 Å². The molecule has 0 amide bonds. The van der Waals surface area contributed by atoms with E-state index < -0.39 is 0 Å². The molecule has 0 saturated carbocycles. The van der Waals surface area contributed by atoms with Crippen LogP contribution < -0.4 is 5.32 Å². The molecule has 1 aromatic carbocycles. The number of hydrogen-bond donors (Lipinski definition) is 1. The van der Waals surface area contributed by atoms with Crippen LogP contribution in [-0.2, 0) is 12.0 Å². The molecule has 4 rings (SSSR count). The van der Waals surface area contributed by atoms with Crippen molar-refractivity contribution >= 4 is 16.7 Å². The maximum atomic E-state index is 5.87. The fourth-order valence-electron chi connectivity index (χ4n) is 2.74. The zero-order valence-electron chi connectivity index (χ0n) is 15.6. The lowest BCUT2D eigenvalue weighted by Gasteiger charge is -2.13. The number of pyridine rings is 1. The van der Waals surface area contributed by atoms with E-state index in [-0.39, 0.29) is 5.41 Å². The van der Waals surface area contributed by atoms with Crippen LogP contribution in [0.5, 0.6) is 0 Å². The Morgan fingerprint density at radius 1 is 1.00 bits per heavy atom. The summed E-state index contributed by atoms with van der Waals surface area (Å²) in [5, 5.41) is 4.31. The third kappa shape index (κ3) is 3.65. The third-order valence-corrected chi connectivity index (χ3v) is 4.24. The minimum Gasteiger partial charge on any atom is -0.443 e. The highest BCUT2D eigenvalue weighted by molar-refractivity contribution is 5.90. The molecular formula is C21H21N5O. The number of anilines is 1. The maximum Gasteiger partial charge on any atom is 0.213 e. The van der Waals surface area contributed by atoms with Gasteiger partial charge in [0.15, 0.2) is 5.82 Å². The van der Waals surface area contributed by atoms with Gasteiger partial charge in [-0.3, -0.25) is 4.98 Å². The molecule has 0 bridgehead atoms. The lowest BCUT2D eigenvalue weighted by molar-refractivity contribution is 0.385. The third-order valence-electron chi connectivity index (χ3n) is 4.24. The van der Waals surface area contributed by atoms with Gasteiger partial charge in [0.2, 0.25) is 5.89 Å². The number of benzene rings is 1. The number of oxazole rings is 1. The molecule has 0 atom stereocenters. The van der Waals surface area contributed by atoms with E-state index in [1.165, 1.54) is 0 Å². The first-order chi connectivity index (χ1) is 13.0. The lowest BCUT2D eigenvalue weighted by atomic mass is 9.94. The highest BCUT2D eigenvalue weighted by atomic mass is 16.4. The van der Waals surface area contributed by atoms with Gasteiger partial charge in [0.1, 0.15) is 11.6 Å². The standard InChI is InChI=1S/C21H21N5O/c1-21(2,3)17-12-23-18(27-17)13-24-20-15-6-4-5-7-16(15)25-19(26-20)14-8-10-22-11-9-14/h4-12H,13H2,1-3H3,(H,24,25,26). The van der Waals surface area contributed by atoms with E-state index in [2.05, 4.69) is 41.0 Å². The normalized spacial score (nSPS) is 11.7. The van der Waals surface area contributed by atoms with E-state index in [1.54, 1.807) is 18.6 Å². The predicted molar refractivity (Wildman–Crippen MR) is 105 cm³/mol. The number of hydrogen-bond acceptors (Lipinski definition) is 6. The zero-order chi connectivity index (χ0) is 18.9. The van der Waals surface area contributed by atoms with Gasteiger partial charge in [-0.05, 0) is 24.3 Å². The van der Waals surface area contributed by atoms with Gasteiger partial charge in [-0.1, -0.05) is 32.9 Å². The Morgan fingerprint density at radius 3 is 2.52 bits per heavy atom. The van der Waals surface area contributed by atoms with Crippen molar-refractivity contribution in [2.45, 2.75) is 32.7 Å². The fourth-order valence-corrected chi connectivity index (χ4v) is 2.74. The average Bonchev–Trinajstić information content (AvgIpc) is 3.16. The molecular weight excluding hydrogens is 338 g/mol. The molecule has 0 aliphatic heterocycles. The Labute approximate surface area is 157 Å².